The van der Waals surface area contributed by atoms with Gasteiger partial charge < -0.3 is 10.6 Å². The Morgan fingerprint density at radius 1 is 0.962 bits per heavy atom. The van der Waals surface area contributed by atoms with Gasteiger partial charge in [0.15, 0.2) is 0 Å². The number of carbonyl (C=O) groups excluding carboxylic acids is 1. The smallest absolute Gasteiger partial charge is 0.238 e. The highest BCUT2D eigenvalue weighted by Gasteiger charge is 2.16. The molecule has 0 saturated heterocycles. The standard InChI is InChI=1S/C22H29ClN2O/c1-14(2)19-10-7-11-20(15(3)4)22(19)25-21(26)13-24-16(5)17-8-6-9-18(23)12-17/h6-12,14-16,24H,13H2,1-5H3,(H,25,26). The summed E-state index contributed by atoms with van der Waals surface area (Å²) in [6.07, 6.45) is 0. The lowest BCUT2D eigenvalue weighted by molar-refractivity contribution is -0.115. The van der Waals surface area contributed by atoms with Crippen molar-refractivity contribution in [1.29, 1.82) is 0 Å². The van der Waals surface area contributed by atoms with Crippen LogP contribution >= 0.6 is 11.6 Å². The van der Waals surface area contributed by atoms with Gasteiger partial charge in [0, 0.05) is 16.8 Å². The monoisotopic (exact) mass is 372 g/mol. The number of amides is 1. The summed E-state index contributed by atoms with van der Waals surface area (Å²) in [6.45, 7) is 10.9. The Hall–Kier alpha value is -1.84. The third-order valence-corrected chi connectivity index (χ3v) is 4.79. The molecule has 2 N–H and O–H groups in total. The molecule has 0 radical (unpaired) electrons. The fourth-order valence-electron chi connectivity index (χ4n) is 3.02. The number of nitrogens with one attached hydrogen (secondary N) is 2. The molecule has 1 unspecified atom stereocenters. The van der Waals surface area contributed by atoms with Crippen LogP contribution in [0.5, 0.6) is 0 Å². The Bertz CT molecular complexity index is 729. The number of halogens is 1. The summed E-state index contributed by atoms with van der Waals surface area (Å²) in [7, 11) is 0. The number of carbonyl (C=O) groups is 1. The first kappa shape index (κ1) is 20.5. The van der Waals surface area contributed by atoms with E-state index < -0.39 is 0 Å². The lowest BCUT2D eigenvalue weighted by Crippen LogP contribution is -2.30. The molecule has 0 aliphatic rings. The first-order chi connectivity index (χ1) is 12.3. The van der Waals surface area contributed by atoms with Crippen LogP contribution in [0.2, 0.25) is 5.02 Å². The summed E-state index contributed by atoms with van der Waals surface area (Å²) in [6, 6.07) is 14.0. The van der Waals surface area contributed by atoms with E-state index in [0.29, 0.717) is 16.9 Å². The minimum Gasteiger partial charge on any atom is -0.324 e. The number of benzene rings is 2. The van der Waals surface area contributed by atoms with Crippen LogP contribution in [0.4, 0.5) is 5.69 Å². The molecule has 0 heterocycles. The largest absolute Gasteiger partial charge is 0.324 e. The lowest BCUT2D eigenvalue weighted by Gasteiger charge is -2.21. The van der Waals surface area contributed by atoms with Crippen molar-refractivity contribution in [1.82, 2.24) is 5.32 Å². The van der Waals surface area contributed by atoms with E-state index in [0.717, 1.165) is 11.3 Å². The van der Waals surface area contributed by atoms with E-state index >= 15 is 0 Å². The molecule has 26 heavy (non-hydrogen) atoms. The highest BCUT2D eigenvalue weighted by molar-refractivity contribution is 6.30. The molecule has 0 fully saturated rings. The van der Waals surface area contributed by atoms with Crippen molar-refractivity contribution in [3.63, 3.8) is 0 Å². The normalized spacial score (nSPS) is 12.5. The average molecular weight is 373 g/mol. The van der Waals surface area contributed by atoms with Crippen molar-refractivity contribution >= 4 is 23.2 Å². The van der Waals surface area contributed by atoms with Crippen molar-refractivity contribution in [3.05, 3.63) is 64.2 Å². The van der Waals surface area contributed by atoms with Crippen molar-refractivity contribution < 1.29 is 4.79 Å². The van der Waals surface area contributed by atoms with E-state index in [1.165, 1.54) is 11.1 Å². The van der Waals surface area contributed by atoms with Crippen LogP contribution in [0.3, 0.4) is 0 Å². The van der Waals surface area contributed by atoms with Gasteiger partial charge >= 0.3 is 0 Å². The number of hydrogen-bond acceptors (Lipinski definition) is 2. The predicted octanol–water partition coefficient (Wildman–Crippen LogP) is 5.88. The van der Waals surface area contributed by atoms with Crippen molar-refractivity contribution in [2.24, 2.45) is 0 Å². The van der Waals surface area contributed by atoms with E-state index in [1.54, 1.807) is 0 Å². The molecule has 0 aromatic heterocycles. The fraction of sp³-hybridized carbons (Fsp3) is 0.409. The number of hydrogen-bond donors (Lipinski definition) is 2. The van der Waals surface area contributed by atoms with Gasteiger partial charge in [-0.1, -0.05) is 69.6 Å². The summed E-state index contributed by atoms with van der Waals surface area (Å²) in [5, 5.41) is 7.11. The van der Waals surface area contributed by atoms with E-state index in [4.69, 9.17) is 11.6 Å². The maximum absolute atomic E-state index is 12.6. The summed E-state index contributed by atoms with van der Waals surface area (Å²) >= 11 is 6.05. The van der Waals surface area contributed by atoms with Crippen LogP contribution in [0.25, 0.3) is 0 Å². The van der Waals surface area contributed by atoms with Crippen molar-refractivity contribution in [2.75, 3.05) is 11.9 Å². The van der Waals surface area contributed by atoms with Crippen LogP contribution < -0.4 is 10.6 Å². The van der Waals surface area contributed by atoms with E-state index in [-0.39, 0.29) is 18.5 Å². The maximum atomic E-state index is 12.6. The van der Waals surface area contributed by atoms with Crippen LogP contribution in [-0.4, -0.2) is 12.5 Å². The zero-order chi connectivity index (χ0) is 19.3. The van der Waals surface area contributed by atoms with Gasteiger partial charge in [-0.3, -0.25) is 4.79 Å². The van der Waals surface area contributed by atoms with E-state index in [2.05, 4.69) is 56.5 Å². The van der Waals surface area contributed by atoms with Gasteiger partial charge in [-0.05, 0) is 47.6 Å². The quantitative estimate of drug-likeness (QED) is 0.637. The topological polar surface area (TPSA) is 41.1 Å². The zero-order valence-electron chi connectivity index (χ0n) is 16.3. The summed E-state index contributed by atoms with van der Waals surface area (Å²) < 4.78 is 0. The minimum absolute atomic E-state index is 0.0334. The number of anilines is 1. The highest BCUT2D eigenvalue weighted by Crippen LogP contribution is 2.32. The van der Waals surface area contributed by atoms with Gasteiger partial charge in [0.25, 0.3) is 0 Å². The van der Waals surface area contributed by atoms with Crippen LogP contribution in [0.1, 0.15) is 69.2 Å². The number of para-hydroxylation sites is 1. The minimum atomic E-state index is -0.0334. The van der Waals surface area contributed by atoms with Crippen molar-refractivity contribution in [3.8, 4) is 0 Å². The first-order valence-electron chi connectivity index (χ1n) is 9.21. The molecule has 140 valence electrons. The Labute approximate surface area is 162 Å². The average Bonchev–Trinajstić information content (AvgIpc) is 2.59. The van der Waals surface area contributed by atoms with Crippen LogP contribution in [0, 0.1) is 0 Å². The molecule has 0 saturated carbocycles. The Morgan fingerprint density at radius 3 is 2.08 bits per heavy atom. The summed E-state index contributed by atoms with van der Waals surface area (Å²) in [5.74, 6) is 0.665. The van der Waals surface area contributed by atoms with Gasteiger partial charge in [-0.2, -0.15) is 0 Å². The van der Waals surface area contributed by atoms with Crippen LogP contribution in [0.15, 0.2) is 42.5 Å². The molecule has 0 aliphatic heterocycles. The molecular weight excluding hydrogens is 344 g/mol. The fourth-order valence-corrected chi connectivity index (χ4v) is 3.22. The zero-order valence-corrected chi connectivity index (χ0v) is 17.0. The number of rotatable bonds is 7. The molecule has 4 heteroatoms. The van der Waals surface area contributed by atoms with Crippen molar-refractivity contribution in [2.45, 2.75) is 52.5 Å². The molecule has 0 bridgehead atoms. The lowest BCUT2D eigenvalue weighted by atomic mass is 9.92. The second kappa shape index (κ2) is 9.20. The first-order valence-corrected chi connectivity index (χ1v) is 9.59. The van der Waals surface area contributed by atoms with E-state index in [1.807, 2.05) is 31.2 Å². The van der Waals surface area contributed by atoms with Gasteiger partial charge in [-0.25, -0.2) is 0 Å². The molecule has 2 rings (SSSR count). The summed E-state index contributed by atoms with van der Waals surface area (Å²) in [5.41, 5.74) is 4.37. The Balaban J connectivity index is 2.08. The van der Waals surface area contributed by atoms with Gasteiger partial charge in [0.1, 0.15) is 0 Å². The van der Waals surface area contributed by atoms with Gasteiger partial charge in [-0.15, -0.1) is 0 Å². The maximum Gasteiger partial charge on any atom is 0.238 e. The molecule has 2 aromatic rings. The molecule has 1 amide bonds. The van der Waals surface area contributed by atoms with Gasteiger partial charge in [0.05, 0.1) is 6.54 Å². The SMILES string of the molecule is CC(C)c1cccc(C(C)C)c1NC(=O)CNC(C)c1cccc(Cl)c1. The van der Waals surface area contributed by atoms with Gasteiger partial charge in [0.2, 0.25) is 5.91 Å². The Kier molecular flexibility index (Phi) is 7.24. The molecular formula is C22H29ClN2O. The van der Waals surface area contributed by atoms with E-state index in [9.17, 15) is 4.79 Å². The third kappa shape index (κ3) is 5.33. The second-order valence-corrected chi connectivity index (χ2v) is 7.76. The molecule has 0 aliphatic carbocycles. The molecule has 3 nitrogen and oxygen atoms in total. The third-order valence-electron chi connectivity index (χ3n) is 4.55. The molecule has 1 atom stereocenters. The second-order valence-electron chi connectivity index (χ2n) is 7.33. The summed E-state index contributed by atoms with van der Waals surface area (Å²) in [4.78, 5) is 12.6. The molecule has 2 aromatic carbocycles. The molecule has 0 spiro atoms. The Morgan fingerprint density at radius 2 is 1.54 bits per heavy atom. The highest BCUT2D eigenvalue weighted by atomic mass is 35.5. The van der Waals surface area contributed by atoms with Crippen LogP contribution in [-0.2, 0) is 4.79 Å². The predicted molar refractivity (Wildman–Crippen MR) is 111 cm³/mol.